The molecule has 1 aliphatic rings. The number of hydrogen-bond acceptors (Lipinski definition) is 0. The van der Waals surface area contributed by atoms with Crippen LogP contribution >= 0.6 is 0 Å². The fraction of sp³-hybridized carbons (Fsp3) is 0.905. The van der Waals surface area contributed by atoms with Gasteiger partial charge in [-0.25, -0.2) is 0 Å². The van der Waals surface area contributed by atoms with Crippen LogP contribution in [0.2, 0.25) is 17.2 Å². The third kappa shape index (κ3) is 6.21. The van der Waals surface area contributed by atoms with Crippen molar-refractivity contribution in [1.82, 2.24) is 0 Å². The van der Waals surface area contributed by atoms with Crippen LogP contribution in [0.3, 0.4) is 0 Å². The predicted molar refractivity (Wildman–Crippen MR) is 105 cm³/mol. The number of allylic oxidation sites excluding steroid dienone is 2. The average Bonchev–Trinajstić information content (AvgIpc) is 2.45. The van der Waals surface area contributed by atoms with Gasteiger partial charge in [0.05, 0.1) is 0 Å². The first kappa shape index (κ1) is 20.6. The first-order valence-corrected chi connectivity index (χ1v) is 17.8. The van der Waals surface area contributed by atoms with Gasteiger partial charge in [-0.3, -0.25) is 0 Å². The molecule has 1 unspecified atom stereocenters. The molecule has 130 valence electrons. The van der Waals surface area contributed by atoms with Gasteiger partial charge in [0.25, 0.3) is 0 Å². The summed E-state index contributed by atoms with van der Waals surface area (Å²) in [5, 5.41) is 0. The summed E-state index contributed by atoms with van der Waals surface area (Å²) in [7, 11) is 0. The van der Waals surface area contributed by atoms with Crippen LogP contribution in [0.4, 0.5) is 0 Å². The summed E-state index contributed by atoms with van der Waals surface area (Å²) in [6.07, 6.45) is 14.3. The van der Waals surface area contributed by atoms with Gasteiger partial charge in [0.2, 0.25) is 0 Å². The van der Waals surface area contributed by atoms with Crippen LogP contribution in [0.1, 0.15) is 92.9 Å². The Morgan fingerprint density at radius 1 is 0.955 bits per heavy atom. The number of hydrogen-bond donors (Lipinski definition) is 0. The van der Waals surface area contributed by atoms with Gasteiger partial charge >= 0.3 is 146 Å². The second-order valence-corrected chi connectivity index (χ2v) is 23.0. The summed E-state index contributed by atoms with van der Waals surface area (Å²) >= 11 is -2.06. The molecule has 0 radical (unpaired) electrons. The van der Waals surface area contributed by atoms with Crippen molar-refractivity contribution in [3.05, 3.63) is 11.6 Å². The summed E-state index contributed by atoms with van der Waals surface area (Å²) in [4.78, 5) is 0. The summed E-state index contributed by atoms with van der Waals surface area (Å²) in [5.74, 6) is 0. The van der Waals surface area contributed by atoms with E-state index in [2.05, 4.69) is 47.6 Å². The minimum atomic E-state index is -2.06. The van der Waals surface area contributed by atoms with Gasteiger partial charge in [0.1, 0.15) is 0 Å². The van der Waals surface area contributed by atoms with E-state index in [1.54, 1.807) is 18.9 Å². The van der Waals surface area contributed by atoms with E-state index in [1.807, 2.05) is 0 Å². The molecule has 0 fully saturated rings. The Balaban J connectivity index is 3.05. The molecule has 0 bridgehead atoms. The molecular weight excluding hydrogens is 371 g/mol. The summed E-state index contributed by atoms with van der Waals surface area (Å²) in [6.45, 7) is 14.6. The van der Waals surface area contributed by atoms with Crippen molar-refractivity contribution >= 4 is 18.4 Å². The second-order valence-electron chi connectivity index (χ2n) is 8.84. The van der Waals surface area contributed by atoms with Crippen molar-refractivity contribution in [3.8, 4) is 0 Å². The maximum atomic E-state index is 2.78. The van der Waals surface area contributed by atoms with Crippen LogP contribution in [0, 0.1) is 5.41 Å². The molecule has 0 aliphatic heterocycles. The Bertz CT molecular complexity index is 318. The Kier molecular flexibility index (Phi) is 9.11. The molecular formula is C21H42Sn. The quantitative estimate of drug-likeness (QED) is 0.252. The Labute approximate surface area is 145 Å². The van der Waals surface area contributed by atoms with E-state index in [4.69, 9.17) is 0 Å². The van der Waals surface area contributed by atoms with Crippen LogP contribution in [0.15, 0.2) is 11.6 Å². The zero-order valence-electron chi connectivity index (χ0n) is 16.4. The van der Waals surface area contributed by atoms with E-state index >= 15 is 0 Å². The molecule has 0 aromatic heterocycles. The fourth-order valence-electron chi connectivity index (χ4n) is 4.79. The van der Waals surface area contributed by atoms with Crippen LogP contribution in [0.5, 0.6) is 0 Å². The van der Waals surface area contributed by atoms with E-state index in [0.29, 0.717) is 5.41 Å². The first-order valence-electron chi connectivity index (χ1n) is 10.1. The fourth-order valence-corrected chi connectivity index (χ4v) is 23.8. The maximum absolute atomic E-state index is 2.78. The summed E-state index contributed by atoms with van der Waals surface area (Å²) in [5.41, 5.74) is 2.25. The Hall–Kier alpha value is 0.539. The van der Waals surface area contributed by atoms with E-state index in [-0.39, 0.29) is 0 Å². The van der Waals surface area contributed by atoms with Crippen molar-refractivity contribution in [3.63, 3.8) is 0 Å². The molecule has 0 spiro atoms. The van der Waals surface area contributed by atoms with Crippen molar-refractivity contribution < 1.29 is 0 Å². The van der Waals surface area contributed by atoms with E-state index in [0.717, 1.165) is 3.93 Å². The number of unbranched alkanes of at least 4 members (excludes halogenated alkanes) is 3. The molecule has 0 nitrogen and oxygen atoms in total. The zero-order chi connectivity index (χ0) is 16.6. The zero-order valence-corrected chi connectivity index (χ0v) is 19.3. The van der Waals surface area contributed by atoms with Gasteiger partial charge in [-0.05, 0) is 0 Å². The average molecular weight is 413 g/mol. The van der Waals surface area contributed by atoms with Gasteiger partial charge in [0, 0.05) is 0 Å². The van der Waals surface area contributed by atoms with Crippen molar-refractivity contribution in [2.24, 2.45) is 5.41 Å². The Morgan fingerprint density at radius 3 is 1.77 bits per heavy atom. The first-order chi connectivity index (χ1) is 10.4. The molecule has 0 aromatic carbocycles. The Morgan fingerprint density at radius 2 is 1.41 bits per heavy atom. The third-order valence-corrected chi connectivity index (χ3v) is 23.0. The van der Waals surface area contributed by atoms with Crippen molar-refractivity contribution in [2.75, 3.05) is 0 Å². The standard InChI is InChI=1S/C9H15.3C4H9.Sn/c1-8-5-4-6-9(2,3)7-8;3*1-3-4-2;/h4-5H,6-7H2,1-3H3;3*1,3-4H2,2H3;. The van der Waals surface area contributed by atoms with E-state index in [9.17, 15) is 0 Å². The van der Waals surface area contributed by atoms with Gasteiger partial charge in [-0.1, -0.05) is 0 Å². The minimum absolute atomic E-state index is 0.552. The molecule has 22 heavy (non-hydrogen) atoms. The van der Waals surface area contributed by atoms with Crippen LogP contribution < -0.4 is 0 Å². The van der Waals surface area contributed by atoms with Gasteiger partial charge in [-0.2, -0.15) is 0 Å². The van der Waals surface area contributed by atoms with Crippen molar-refractivity contribution in [1.29, 1.82) is 0 Å². The molecule has 1 atom stereocenters. The van der Waals surface area contributed by atoms with Gasteiger partial charge in [0.15, 0.2) is 0 Å². The van der Waals surface area contributed by atoms with E-state index in [1.165, 1.54) is 51.4 Å². The normalized spacial score (nSPS) is 21.7. The molecule has 1 aliphatic carbocycles. The molecule has 1 heteroatoms. The SMILES string of the molecule is CCC[CH2][Sn]([CH2]CCC)([CH2]CCC)[CH]1C=C(C)CC(C)(C)C1. The monoisotopic (exact) mass is 414 g/mol. The molecule has 0 aromatic rings. The predicted octanol–water partition coefficient (Wildman–Crippen LogP) is 7.97. The van der Waals surface area contributed by atoms with Crippen LogP contribution in [0.25, 0.3) is 0 Å². The van der Waals surface area contributed by atoms with E-state index < -0.39 is 18.4 Å². The van der Waals surface area contributed by atoms with Crippen LogP contribution in [-0.2, 0) is 0 Å². The van der Waals surface area contributed by atoms with Crippen LogP contribution in [-0.4, -0.2) is 18.4 Å². The number of rotatable bonds is 10. The molecule has 0 N–H and O–H groups in total. The third-order valence-electron chi connectivity index (χ3n) is 5.89. The van der Waals surface area contributed by atoms with Gasteiger partial charge in [-0.15, -0.1) is 0 Å². The van der Waals surface area contributed by atoms with Gasteiger partial charge < -0.3 is 0 Å². The summed E-state index contributed by atoms with van der Waals surface area (Å²) < 4.78 is 6.02. The summed E-state index contributed by atoms with van der Waals surface area (Å²) in [6, 6.07) is 0. The molecule has 0 heterocycles. The topological polar surface area (TPSA) is 0 Å². The van der Waals surface area contributed by atoms with Crippen molar-refractivity contribution in [2.45, 2.75) is 110 Å². The molecule has 0 amide bonds. The second kappa shape index (κ2) is 9.74. The molecule has 0 saturated heterocycles. The molecule has 1 rings (SSSR count). The molecule has 0 saturated carbocycles.